The van der Waals surface area contributed by atoms with Crippen molar-refractivity contribution in [3.63, 3.8) is 0 Å². The van der Waals surface area contributed by atoms with Gasteiger partial charge in [-0.2, -0.15) is 0 Å². The monoisotopic (exact) mass is 177 g/mol. The predicted octanol–water partition coefficient (Wildman–Crippen LogP) is 1.06. The average Bonchev–Trinajstić information content (AvgIpc) is 2.48. The molecule has 68 valence electrons. The fraction of sp³-hybridized carbons (Fsp3) is 0.222. The Morgan fingerprint density at radius 1 is 1.62 bits per heavy atom. The Balaban J connectivity index is 2.75. The van der Waals surface area contributed by atoms with Crippen molar-refractivity contribution in [2.75, 3.05) is 0 Å². The van der Waals surface area contributed by atoms with Crippen molar-refractivity contribution in [2.45, 2.75) is 13.0 Å². The number of fused-ring (bicyclic) bond motifs is 1. The Hall–Kier alpha value is -1.55. The zero-order valence-corrected chi connectivity index (χ0v) is 7.31. The van der Waals surface area contributed by atoms with E-state index < -0.39 is 0 Å². The second-order valence-electron chi connectivity index (χ2n) is 3.05. The van der Waals surface area contributed by atoms with Crippen LogP contribution in [0, 0.1) is 0 Å². The third-order valence-electron chi connectivity index (χ3n) is 1.98. The third kappa shape index (κ3) is 1.15. The highest BCUT2D eigenvalue weighted by molar-refractivity contribution is 5.58. The second kappa shape index (κ2) is 2.74. The van der Waals surface area contributed by atoms with Crippen LogP contribution in [-0.2, 0) is 0 Å². The van der Waals surface area contributed by atoms with Crippen molar-refractivity contribution in [3.8, 4) is 5.75 Å². The quantitative estimate of drug-likeness (QED) is 0.684. The summed E-state index contributed by atoms with van der Waals surface area (Å²) in [5, 5.41) is 9.46. The molecule has 3 N–H and O–H groups in total. The van der Waals surface area contributed by atoms with Crippen LogP contribution in [0.1, 0.15) is 18.8 Å². The van der Waals surface area contributed by atoms with Gasteiger partial charge in [0.2, 0.25) is 0 Å². The van der Waals surface area contributed by atoms with Crippen molar-refractivity contribution in [1.82, 2.24) is 9.38 Å². The minimum absolute atomic E-state index is 0.135. The molecule has 2 aromatic heterocycles. The molecule has 1 unspecified atom stereocenters. The average molecular weight is 177 g/mol. The molecule has 0 aliphatic carbocycles. The zero-order valence-electron chi connectivity index (χ0n) is 7.31. The number of aromatic hydroxyl groups is 1. The summed E-state index contributed by atoms with van der Waals surface area (Å²) in [5.41, 5.74) is 6.40. The normalized spacial score (nSPS) is 13.4. The van der Waals surface area contributed by atoms with E-state index in [0.29, 0.717) is 5.52 Å². The summed E-state index contributed by atoms with van der Waals surface area (Å²) < 4.78 is 1.79. The van der Waals surface area contributed by atoms with Crippen LogP contribution in [0.3, 0.4) is 0 Å². The molecule has 4 nitrogen and oxygen atoms in total. The molecule has 0 bridgehead atoms. The molecule has 2 rings (SSSR count). The molecule has 0 radical (unpaired) electrons. The van der Waals surface area contributed by atoms with Crippen molar-refractivity contribution in [3.05, 3.63) is 30.4 Å². The first-order chi connectivity index (χ1) is 6.20. The molecule has 2 heterocycles. The third-order valence-corrected chi connectivity index (χ3v) is 1.98. The number of imidazole rings is 1. The van der Waals surface area contributed by atoms with Gasteiger partial charge in [0.05, 0.1) is 12.2 Å². The van der Waals surface area contributed by atoms with Gasteiger partial charge in [-0.3, -0.25) is 4.40 Å². The van der Waals surface area contributed by atoms with E-state index in [1.54, 1.807) is 22.7 Å². The molecule has 0 saturated carbocycles. The zero-order chi connectivity index (χ0) is 9.42. The molecule has 0 aliphatic heterocycles. The minimum Gasteiger partial charge on any atom is -0.506 e. The summed E-state index contributed by atoms with van der Waals surface area (Å²) in [4.78, 5) is 4.13. The van der Waals surface area contributed by atoms with Gasteiger partial charge in [-0.15, -0.1) is 0 Å². The first kappa shape index (κ1) is 8.07. The SMILES string of the molecule is CC(N)c1ncc2c(O)cccn12. The van der Waals surface area contributed by atoms with Crippen LogP contribution in [0.4, 0.5) is 0 Å². The van der Waals surface area contributed by atoms with Crippen LogP contribution in [0.25, 0.3) is 5.52 Å². The fourth-order valence-corrected chi connectivity index (χ4v) is 1.36. The van der Waals surface area contributed by atoms with E-state index in [-0.39, 0.29) is 11.8 Å². The number of hydrogen-bond acceptors (Lipinski definition) is 3. The topological polar surface area (TPSA) is 63.5 Å². The van der Waals surface area contributed by atoms with Crippen molar-refractivity contribution >= 4 is 5.52 Å². The van der Waals surface area contributed by atoms with Crippen molar-refractivity contribution in [1.29, 1.82) is 0 Å². The smallest absolute Gasteiger partial charge is 0.141 e. The van der Waals surface area contributed by atoms with Gasteiger partial charge in [0.15, 0.2) is 0 Å². The van der Waals surface area contributed by atoms with E-state index in [1.165, 1.54) is 0 Å². The van der Waals surface area contributed by atoms with Gasteiger partial charge in [0, 0.05) is 6.20 Å². The molecule has 0 aromatic carbocycles. The van der Waals surface area contributed by atoms with Gasteiger partial charge in [-0.25, -0.2) is 4.98 Å². The lowest BCUT2D eigenvalue weighted by molar-refractivity contribution is 0.478. The summed E-state index contributed by atoms with van der Waals surface area (Å²) in [7, 11) is 0. The molecular weight excluding hydrogens is 166 g/mol. The maximum atomic E-state index is 9.46. The maximum absolute atomic E-state index is 9.46. The van der Waals surface area contributed by atoms with Crippen LogP contribution < -0.4 is 5.73 Å². The summed E-state index contributed by atoms with van der Waals surface area (Å²) in [5.74, 6) is 0.979. The number of pyridine rings is 1. The molecule has 0 aliphatic rings. The lowest BCUT2D eigenvalue weighted by Crippen LogP contribution is -2.09. The Labute approximate surface area is 75.6 Å². The highest BCUT2D eigenvalue weighted by Crippen LogP contribution is 2.20. The van der Waals surface area contributed by atoms with Gasteiger partial charge < -0.3 is 10.8 Å². The van der Waals surface area contributed by atoms with Crippen LogP contribution in [0.5, 0.6) is 5.75 Å². The van der Waals surface area contributed by atoms with E-state index >= 15 is 0 Å². The minimum atomic E-state index is -0.135. The first-order valence-electron chi connectivity index (χ1n) is 4.10. The number of rotatable bonds is 1. The van der Waals surface area contributed by atoms with Crippen LogP contribution in [-0.4, -0.2) is 14.5 Å². The molecule has 4 heteroatoms. The predicted molar refractivity (Wildman–Crippen MR) is 49.5 cm³/mol. The van der Waals surface area contributed by atoms with E-state index in [4.69, 9.17) is 5.73 Å². The summed E-state index contributed by atoms with van der Waals surface area (Å²) in [6.07, 6.45) is 3.45. The first-order valence-corrected chi connectivity index (χ1v) is 4.10. The Bertz CT molecular complexity index is 433. The van der Waals surface area contributed by atoms with E-state index in [9.17, 15) is 5.11 Å². The largest absolute Gasteiger partial charge is 0.506 e. The number of hydrogen-bond donors (Lipinski definition) is 2. The van der Waals surface area contributed by atoms with Gasteiger partial charge in [0.25, 0.3) is 0 Å². The summed E-state index contributed by atoms with van der Waals surface area (Å²) >= 11 is 0. The molecular formula is C9H11N3O. The van der Waals surface area contributed by atoms with E-state index in [2.05, 4.69) is 4.98 Å². The number of nitrogens with two attached hydrogens (primary N) is 1. The van der Waals surface area contributed by atoms with E-state index in [0.717, 1.165) is 5.82 Å². The number of nitrogens with zero attached hydrogens (tertiary/aromatic N) is 2. The van der Waals surface area contributed by atoms with Gasteiger partial charge in [-0.05, 0) is 19.1 Å². The summed E-state index contributed by atoms with van der Waals surface area (Å²) in [6, 6.07) is 3.25. The molecule has 0 spiro atoms. The second-order valence-corrected chi connectivity index (χ2v) is 3.05. The molecule has 0 fully saturated rings. The lowest BCUT2D eigenvalue weighted by atomic mass is 10.3. The van der Waals surface area contributed by atoms with Gasteiger partial charge >= 0.3 is 0 Å². The highest BCUT2D eigenvalue weighted by atomic mass is 16.3. The lowest BCUT2D eigenvalue weighted by Gasteiger charge is -2.04. The molecule has 2 aromatic rings. The van der Waals surface area contributed by atoms with Crippen LogP contribution >= 0.6 is 0 Å². The van der Waals surface area contributed by atoms with Crippen LogP contribution in [0.15, 0.2) is 24.5 Å². The van der Waals surface area contributed by atoms with Crippen molar-refractivity contribution < 1.29 is 5.11 Å². The Morgan fingerprint density at radius 2 is 2.38 bits per heavy atom. The maximum Gasteiger partial charge on any atom is 0.141 e. The molecule has 13 heavy (non-hydrogen) atoms. The number of aromatic nitrogens is 2. The highest BCUT2D eigenvalue weighted by Gasteiger charge is 2.08. The van der Waals surface area contributed by atoms with Gasteiger partial charge in [-0.1, -0.05) is 0 Å². The Morgan fingerprint density at radius 3 is 3.08 bits per heavy atom. The van der Waals surface area contributed by atoms with E-state index in [1.807, 2.05) is 13.1 Å². The Kier molecular flexibility index (Phi) is 1.70. The van der Waals surface area contributed by atoms with Crippen molar-refractivity contribution in [2.24, 2.45) is 5.73 Å². The standard InChI is InChI=1S/C9H11N3O/c1-6(10)9-11-5-7-8(13)3-2-4-12(7)9/h2-6,13H,10H2,1H3. The summed E-state index contributed by atoms with van der Waals surface area (Å²) in [6.45, 7) is 1.86. The fourth-order valence-electron chi connectivity index (χ4n) is 1.36. The molecule has 0 amide bonds. The van der Waals surface area contributed by atoms with Gasteiger partial charge in [0.1, 0.15) is 17.1 Å². The molecule has 1 atom stereocenters. The van der Waals surface area contributed by atoms with Crippen LogP contribution in [0.2, 0.25) is 0 Å². The molecule has 0 saturated heterocycles.